The number of amides is 1. The Morgan fingerprint density at radius 3 is 2.60 bits per heavy atom. The monoisotopic (exact) mass is 682 g/mol. The number of benzene rings is 1. The molecule has 4 aliphatic rings. The number of nitrogens with one attached hydrogen (secondary N) is 1. The number of halogens is 2. The van der Waals surface area contributed by atoms with Crippen LogP contribution in [0.1, 0.15) is 97.5 Å². The van der Waals surface area contributed by atoms with Crippen molar-refractivity contribution in [1.82, 2.24) is 5.32 Å². The summed E-state index contributed by atoms with van der Waals surface area (Å²) in [6.45, 7) is 15.6. The van der Waals surface area contributed by atoms with Crippen molar-refractivity contribution in [1.29, 1.82) is 0 Å². The maximum atomic E-state index is 13.9. The molecule has 3 aliphatic carbocycles. The summed E-state index contributed by atoms with van der Waals surface area (Å²) < 4.78 is 6.85. The Labute approximate surface area is 293 Å². The van der Waals surface area contributed by atoms with Gasteiger partial charge in [-0.3, -0.25) is 4.79 Å². The number of esters is 1. The maximum Gasteiger partial charge on any atom is 0.331 e. The van der Waals surface area contributed by atoms with Crippen LogP contribution in [0.15, 0.2) is 54.1 Å². The zero-order chi connectivity index (χ0) is 33.8. The molecular formula is C40H56Cl2N2O3. The lowest BCUT2D eigenvalue weighted by Gasteiger charge is -2.59. The Balaban J connectivity index is 1.40. The summed E-state index contributed by atoms with van der Waals surface area (Å²) in [5.41, 5.74) is 3.99. The highest BCUT2D eigenvalue weighted by Crippen LogP contribution is 2.69. The van der Waals surface area contributed by atoms with Crippen molar-refractivity contribution in [3.8, 4) is 0 Å². The molecular weight excluding hydrogens is 627 g/mol. The molecule has 1 aromatic rings. The van der Waals surface area contributed by atoms with Gasteiger partial charge >= 0.3 is 5.97 Å². The molecule has 7 heteroatoms. The fraction of sp³-hybridized carbons (Fsp3) is 0.650. The molecule has 5 rings (SSSR count). The lowest BCUT2D eigenvalue weighted by Crippen LogP contribution is -2.58. The fourth-order valence-electron chi connectivity index (χ4n) is 10.4. The van der Waals surface area contributed by atoms with Crippen molar-refractivity contribution in [3.05, 3.63) is 59.7 Å². The van der Waals surface area contributed by atoms with Crippen molar-refractivity contribution < 1.29 is 14.3 Å². The number of allylic oxidation sites excluding steroid dienone is 2. The van der Waals surface area contributed by atoms with Gasteiger partial charge in [-0.05, 0) is 124 Å². The average Bonchev–Trinajstić information content (AvgIpc) is 3.24. The molecule has 3 fully saturated rings. The quantitative estimate of drug-likeness (QED) is 0.0975. The van der Waals surface area contributed by atoms with Gasteiger partial charge in [-0.15, -0.1) is 29.8 Å². The molecule has 258 valence electrons. The van der Waals surface area contributed by atoms with Crippen LogP contribution < -0.4 is 10.2 Å². The first-order valence-electron chi connectivity index (χ1n) is 18.0. The molecule has 1 N–H and O–H groups in total. The highest BCUT2D eigenvalue weighted by molar-refractivity contribution is 6.18. The number of rotatable bonds is 13. The molecule has 0 radical (unpaired) electrons. The number of anilines is 1. The van der Waals surface area contributed by atoms with E-state index >= 15 is 0 Å². The Bertz CT molecular complexity index is 1370. The summed E-state index contributed by atoms with van der Waals surface area (Å²) >= 11 is 12.1. The summed E-state index contributed by atoms with van der Waals surface area (Å²) in [6.07, 6.45) is 15.8. The topological polar surface area (TPSA) is 58.6 Å². The van der Waals surface area contributed by atoms with E-state index in [1.807, 2.05) is 24.3 Å². The predicted octanol–water partition coefficient (Wildman–Crippen LogP) is 9.34. The van der Waals surface area contributed by atoms with E-state index in [1.165, 1.54) is 11.1 Å². The molecule has 3 saturated carbocycles. The molecule has 1 heterocycles. The largest absolute Gasteiger partial charge is 0.455 e. The Kier molecular flexibility index (Phi) is 11.6. The van der Waals surface area contributed by atoms with Gasteiger partial charge in [0.1, 0.15) is 5.60 Å². The molecule has 0 spiro atoms. The van der Waals surface area contributed by atoms with Crippen molar-refractivity contribution in [3.63, 3.8) is 0 Å². The van der Waals surface area contributed by atoms with Gasteiger partial charge in [0.05, 0.1) is 0 Å². The standard InChI is InChI=1S/C40H56Cl2N2O3/c1-28(2)8-6-9-29(3)40(47-37(46)15-12-30-10-7-11-32(26-30)44(24-21-41)25-22-42)19-17-35-33-14-13-31-27-36(45)43-23-20-38(31,4)34(33)16-18-39(35,40)5/h7,10-12,15,26-27,29,33-35H,1,6,8-9,13-14,16-25H2,2-5H3,(H,43,45)/t29-,33-,34+,35+,38+,39+,40+/m1/s1. The number of fused-ring (bicyclic) bond motifs is 5. The van der Waals surface area contributed by atoms with Crippen LogP contribution in [0.2, 0.25) is 0 Å². The van der Waals surface area contributed by atoms with Crippen LogP contribution in [0, 0.1) is 34.5 Å². The first kappa shape index (κ1) is 36.1. The molecule has 1 amide bonds. The van der Waals surface area contributed by atoms with Gasteiger partial charge in [0.15, 0.2) is 0 Å². The van der Waals surface area contributed by atoms with Gasteiger partial charge in [-0.2, -0.15) is 0 Å². The second kappa shape index (κ2) is 15.1. The van der Waals surface area contributed by atoms with Gasteiger partial charge < -0.3 is 15.0 Å². The summed E-state index contributed by atoms with van der Waals surface area (Å²) in [5.74, 6) is 2.73. The van der Waals surface area contributed by atoms with Gasteiger partial charge in [-0.25, -0.2) is 4.79 Å². The number of hydrogen-bond acceptors (Lipinski definition) is 4. The average molecular weight is 684 g/mol. The van der Waals surface area contributed by atoms with E-state index in [0.717, 1.165) is 82.0 Å². The maximum absolute atomic E-state index is 13.9. The smallest absolute Gasteiger partial charge is 0.331 e. The van der Waals surface area contributed by atoms with Crippen LogP contribution in [0.25, 0.3) is 6.08 Å². The molecule has 0 unspecified atom stereocenters. The zero-order valence-electron chi connectivity index (χ0n) is 29.1. The van der Waals surface area contributed by atoms with Crippen LogP contribution in [-0.2, 0) is 14.3 Å². The number of alkyl halides is 2. The van der Waals surface area contributed by atoms with Crippen molar-refractivity contribution >= 4 is 46.8 Å². The van der Waals surface area contributed by atoms with Crippen molar-refractivity contribution in [2.24, 2.45) is 34.5 Å². The van der Waals surface area contributed by atoms with E-state index in [1.54, 1.807) is 6.08 Å². The normalized spacial score (nSPS) is 32.3. The highest BCUT2D eigenvalue weighted by atomic mass is 35.5. The number of carbonyl (C=O) groups excluding carboxylic acids is 2. The molecule has 1 aromatic carbocycles. The molecule has 47 heavy (non-hydrogen) atoms. The van der Waals surface area contributed by atoms with E-state index in [-0.39, 0.29) is 28.6 Å². The van der Waals surface area contributed by atoms with Crippen LogP contribution in [0.5, 0.6) is 0 Å². The molecule has 7 atom stereocenters. The van der Waals surface area contributed by atoms with E-state index in [9.17, 15) is 9.59 Å². The first-order chi connectivity index (χ1) is 22.5. The van der Waals surface area contributed by atoms with Crippen LogP contribution in [-0.4, -0.2) is 48.9 Å². The lowest BCUT2D eigenvalue weighted by atomic mass is 9.46. The van der Waals surface area contributed by atoms with Gasteiger partial charge in [0.2, 0.25) is 5.91 Å². The van der Waals surface area contributed by atoms with Gasteiger partial charge in [0.25, 0.3) is 0 Å². The predicted molar refractivity (Wildman–Crippen MR) is 196 cm³/mol. The molecule has 5 nitrogen and oxygen atoms in total. The number of hydrogen-bond donors (Lipinski definition) is 1. The molecule has 0 aromatic heterocycles. The molecule has 1 aliphatic heterocycles. The summed E-state index contributed by atoms with van der Waals surface area (Å²) in [4.78, 5) is 28.5. The van der Waals surface area contributed by atoms with E-state index < -0.39 is 5.60 Å². The van der Waals surface area contributed by atoms with Crippen LogP contribution in [0.4, 0.5) is 5.69 Å². The minimum atomic E-state index is -0.517. The summed E-state index contributed by atoms with van der Waals surface area (Å²) in [5, 5.41) is 3.10. The SMILES string of the molecule is C=C(C)CCC[C@@H](C)[C@@]1(OC(=O)C=Cc2cccc(N(CCCl)CCCl)c2)CC[C@H]2[C@@H]3CCC4=CC(=O)NCC[C@]4(C)[C@H]3CC[C@@]21C. The van der Waals surface area contributed by atoms with Crippen molar-refractivity contribution in [2.45, 2.75) is 97.5 Å². The molecule has 0 bridgehead atoms. The molecule has 0 saturated heterocycles. The lowest BCUT2D eigenvalue weighted by molar-refractivity contribution is -0.193. The number of ether oxygens (including phenoxy) is 1. The van der Waals surface area contributed by atoms with Gasteiger partial charge in [-0.1, -0.05) is 44.1 Å². The summed E-state index contributed by atoms with van der Waals surface area (Å²) in [7, 11) is 0. The Hall–Kier alpha value is -2.24. The number of carbonyl (C=O) groups is 2. The Morgan fingerprint density at radius 1 is 1.13 bits per heavy atom. The first-order valence-corrected chi connectivity index (χ1v) is 19.1. The van der Waals surface area contributed by atoms with Crippen molar-refractivity contribution in [2.75, 3.05) is 36.3 Å². The van der Waals surface area contributed by atoms with Crippen LogP contribution >= 0.6 is 23.2 Å². The minimum absolute atomic E-state index is 0.0544. The third kappa shape index (κ3) is 7.23. The summed E-state index contributed by atoms with van der Waals surface area (Å²) in [6, 6.07) is 8.16. The van der Waals surface area contributed by atoms with E-state index in [2.05, 4.69) is 56.6 Å². The minimum Gasteiger partial charge on any atom is -0.455 e. The third-order valence-corrected chi connectivity index (χ3v) is 13.2. The van der Waals surface area contributed by atoms with Crippen LogP contribution in [0.3, 0.4) is 0 Å². The Morgan fingerprint density at radius 2 is 1.87 bits per heavy atom. The van der Waals surface area contributed by atoms with E-state index in [4.69, 9.17) is 27.9 Å². The van der Waals surface area contributed by atoms with E-state index in [0.29, 0.717) is 42.6 Å². The third-order valence-electron chi connectivity index (χ3n) is 12.8. The highest BCUT2D eigenvalue weighted by Gasteiger charge is 2.67. The van der Waals surface area contributed by atoms with Gasteiger partial charge in [0, 0.05) is 54.6 Å². The zero-order valence-corrected chi connectivity index (χ0v) is 30.6. The second-order valence-corrected chi connectivity index (χ2v) is 16.1. The fourth-order valence-corrected chi connectivity index (χ4v) is 10.8. The second-order valence-electron chi connectivity index (χ2n) is 15.4. The number of nitrogens with zero attached hydrogens (tertiary/aromatic N) is 1.